The van der Waals surface area contributed by atoms with Crippen molar-refractivity contribution in [1.29, 1.82) is 0 Å². The molecule has 1 aromatic rings. The second-order valence-electron chi connectivity index (χ2n) is 3.00. The summed E-state index contributed by atoms with van der Waals surface area (Å²) < 4.78 is 30.9. The van der Waals surface area contributed by atoms with Crippen molar-refractivity contribution in [1.82, 2.24) is 0 Å². The summed E-state index contributed by atoms with van der Waals surface area (Å²) in [6.07, 6.45) is 5.18. The van der Waals surface area contributed by atoms with Gasteiger partial charge >= 0.3 is 0 Å². The summed E-state index contributed by atoms with van der Waals surface area (Å²) in [6.45, 7) is 0. The monoisotopic (exact) mass is 222 g/mol. The summed E-state index contributed by atoms with van der Waals surface area (Å²) in [5.74, 6) is -0.391. The number of fused-ring (bicyclic) bond motifs is 1. The lowest BCUT2D eigenvalue weighted by Crippen LogP contribution is -2.10. The van der Waals surface area contributed by atoms with Crippen molar-refractivity contribution in [3.8, 4) is 0 Å². The molecule has 1 aromatic carbocycles. The van der Waals surface area contributed by atoms with Crippen LogP contribution in [0.15, 0.2) is 29.2 Å². The van der Waals surface area contributed by atoms with E-state index in [4.69, 9.17) is 4.55 Å². The van der Waals surface area contributed by atoms with E-state index in [1.165, 1.54) is 30.4 Å². The van der Waals surface area contributed by atoms with Gasteiger partial charge in [0, 0.05) is 12.1 Å². The molecule has 0 aliphatic heterocycles. The maximum Gasteiger partial charge on any atom is 0.297 e. The van der Waals surface area contributed by atoms with E-state index in [1.54, 1.807) is 0 Å². The van der Waals surface area contributed by atoms with Gasteiger partial charge in [-0.05, 0) is 12.1 Å². The van der Waals surface area contributed by atoms with Gasteiger partial charge in [0.25, 0.3) is 10.1 Å². The van der Waals surface area contributed by atoms with Crippen LogP contribution in [0.25, 0.3) is 11.8 Å². The molecule has 0 saturated carbocycles. The van der Waals surface area contributed by atoms with E-state index in [1.807, 2.05) is 0 Å². The predicted octanol–water partition coefficient (Wildman–Crippen LogP) is 0.464. The Morgan fingerprint density at radius 3 is 2.73 bits per heavy atom. The summed E-state index contributed by atoms with van der Waals surface area (Å²) in [5.41, 5.74) is 0.441. The topological polar surface area (TPSA) is 77.4 Å². The van der Waals surface area contributed by atoms with Crippen LogP contribution < -0.4 is 5.11 Å². The highest BCUT2D eigenvalue weighted by atomic mass is 32.2. The first kappa shape index (κ1) is 9.86. The highest BCUT2D eigenvalue weighted by molar-refractivity contribution is 7.85. The highest BCUT2D eigenvalue weighted by Crippen LogP contribution is 2.26. The van der Waals surface area contributed by atoms with Crippen molar-refractivity contribution in [3.05, 3.63) is 41.5 Å². The van der Waals surface area contributed by atoms with Crippen molar-refractivity contribution >= 4 is 22.0 Å². The minimum atomic E-state index is -4.30. The van der Waals surface area contributed by atoms with Crippen molar-refractivity contribution in [2.45, 2.75) is 4.90 Å². The number of allylic oxidation sites excluding steroid dienone is 2. The van der Waals surface area contributed by atoms with E-state index in [0.717, 1.165) is 0 Å². The Balaban J connectivity index is 2.79. The number of hydrogen-bond donors (Lipinski definition) is 1. The quantitative estimate of drug-likeness (QED) is 0.553. The molecular formula is C10H6O4S. The van der Waals surface area contributed by atoms with Gasteiger partial charge < -0.3 is 5.11 Å². The molecule has 0 aromatic heterocycles. The van der Waals surface area contributed by atoms with Crippen LogP contribution in [0.4, 0.5) is 0 Å². The van der Waals surface area contributed by atoms with E-state index in [0.29, 0.717) is 0 Å². The summed E-state index contributed by atoms with van der Waals surface area (Å²) in [5, 5.41) is 11.3. The summed E-state index contributed by atoms with van der Waals surface area (Å²) in [7, 11) is -4.30. The van der Waals surface area contributed by atoms with Crippen molar-refractivity contribution < 1.29 is 18.1 Å². The maximum atomic E-state index is 11.3. The molecule has 15 heavy (non-hydrogen) atoms. The third-order valence-electron chi connectivity index (χ3n) is 2.05. The Bertz CT molecular complexity index is 567. The smallest absolute Gasteiger partial charge is 0.297 e. The molecular weight excluding hydrogens is 216 g/mol. The Hall–Kier alpha value is -1.68. The van der Waals surface area contributed by atoms with E-state index in [2.05, 4.69) is 6.08 Å². The minimum Gasteiger partial charge on any atom is -0.845 e. The van der Waals surface area contributed by atoms with Crippen LogP contribution in [0.1, 0.15) is 11.1 Å². The van der Waals surface area contributed by atoms with Crippen molar-refractivity contribution in [3.63, 3.8) is 0 Å². The lowest BCUT2D eigenvalue weighted by atomic mass is 10.0. The molecule has 0 spiro atoms. The normalized spacial score (nSPS) is 14.1. The van der Waals surface area contributed by atoms with Gasteiger partial charge in [0.2, 0.25) is 0 Å². The number of hydrogen-bond acceptors (Lipinski definition) is 3. The van der Waals surface area contributed by atoms with Crippen molar-refractivity contribution in [2.24, 2.45) is 0 Å². The first-order valence-electron chi connectivity index (χ1n) is 4.08. The third kappa shape index (κ3) is 1.64. The first-order valence-corrected chi connectivity index (χ1v) is 5.52. The van der Waals surface area contributed by atoms with Gasteiger partial charge in [-0.25, -0.2) is 0 Å². The molecule has 4 nitrogen and oxygen atoms in total. The van der Waals surface area contributed by atoms with E-state index < -0.39 is 15.9 Å². The van der Waals surface area contributed by atoms with Gasteiger partial charge in [-0.15, -0.1) is 0 Å². The Morgan fingerprint density at radius 1 is 1.33 bits per heavy atom. The molecule has 0 unspecified atom stereocenters. The largest absolute Gasteiger partial charge is 0.845 e. The molecule has 1 aliphatic carbocycles. The predicted molar refractivity (Wildman–Crippen MR) is 51.9 cm³/mol. The zero-order valence-corrected chi connectivity index (χ0v) is 8.28. The molecule has 0 atom stereocenters. The van der Waals surface area contributed by atoms with Gasteiger partial charge in [0.1, 0.15) is 16.5 Å². The van der Waals surface area contributed by atoms with Crippen LogP contribution in [-0.4, -0.2) is 13.0 Å². The zero-order chi connectivity index (χ0) is 11.1. The maximum absolute atomic E-state index is 11.3. The first-order chi connectivity index (χ1) is 7.00. The van der Waals surface area contributed by atoms with Crippen LogP contribution in [0, 0.1) is 6.08 Å². The Labute approximate surface area is 86.9 Å². The van der Waals surface area contributed by atoms with E-state index in [-0.39, 0.29) is 16.0 Å². The standard InChI is InChI=1S/C10H6O4S/c11-9-5-1-4-8-7(9)3-2-6-10(8)15(12,13)14/h1-4,6H,(H-,11,12,13,14). The van der Waals surface area contributed by atoms with Gasteiger partial charge in [-0.1, -0.05) is 0 Å². The lowest BCUT2D eigenvalue weighted by molar-refractivity contribution is -0.244. The number of rotatable bonds is 1. The highest BCUT2D eigenvalue weighted by Gasteiger charge is 2.22. The molecule has 0 saturated heterocycles. The second-order valence-corrected chi connectivity index (χ2v) is 4.39. The Kier molecular flexibility index (Phi) is 2.08. The van der Waals surface area contributed by atoms with Crippen LogP contribution in [0.5, 0.6) is 0 Å². The molecule has 1 aliphatic rings. The molecule has 0 bridgehead atoms. The molecule has 0 radical (unpaired) electrons. The number of benzene rings is 1. The lowest BCUT2D eigenvalue weighted by Gasteiger charge is -2.09. The Morgan fingerprint density at radius 2 is 2.07 bits per heavy atom. The van der Waals surface area contributed by atoms with E-state index >= 15 is 0 Å². The molecule has 0 fully saturated rings. The van der Waals surface area contributed by atoms with Crippen LogP contribution in [0.2, 0.25) is 0 Å². The zero-order valence-electron chi connectivity index (χ0n) is 7.47. The molecule has 76 valence electrons. The fourth-order valence-electron chi connectivity index (χ4n) is 1.42. The molecule has 0 amide bonds. The fourth-order valence-corrected chi connectivity index (χ4v) is 2.12. The minimum absolute atomic E-state index is 0.212. The van der Waals surface area contributed by atoms with Crippen LogP contribution in [-0.2, 0) is 10.1 Å². The van der Waals surface area contributed by atoms with Gasteiger partial charge in [-0.3, -0.25) is 4.55 Å². The van der Waals surface area contributed by atoms with Crippen molar-refractivity contribution in [2.75, 3.05) is 0 Å². The average molecular weight is 222 g/mol. The molecule has 1 N–H and O–H groups in total. The molecule has 5 heteroatoms. The van der Waals surface area contributed by atoms with Crippen LogP contribution >= 0.6 is 0 Å². The summed E-state index contributed by atoms with van der Waals surface area (Å²) in [6, 6.07) is 4.14. The van der Waals surface area contributed by atoms with Crippen LogP contribution in [0.3, 0.4) is 0 Å². The third-order valence-corrected chi connectivity index (χ3v) is 2.96. The molecule has 0 heterocycles. The summed E-state index contributed by atoms with van der Waals surface area (Å²) >= 11 is 0. The van der Waals surface area contributed by atoms with Gasteiger partial charge in [0.15, 0.2) is 0 Å². The molecule has 2 rings (SSSR count). The SMILES string of the molecule is O=S(=O)(O)c1cccc2c1C=C[C+]=C2[O-]. The van der Waals surface area contributed by atoms with Gasteiger partial charge in [0.05, 0.1) is 17.4 Å². The average Bonchev–Trinajstić information content (AvgIpc) is 2.16. The van der Waals surface area contributed by atoms with E-state index in [9.17, 15) is 13.5 Å². The summed E-state index contributed by atoms with van der Waals surface area (Å²) in [4.78, 5) is -0.258. The second kappa shape index (κ2) is 3.17. The fraction of sp³-hybridized carbons (Fsp3) is 0. The van der Waals surface area contributed by atoms with Gasteiger partial charge in [-0.2, -0.15) is 8.42 Å².